The molecule has 0 aliphatic carbocycles. The molecule has 0 bridgehead atoms. The van der Waals surface area contributed by atoms with Gasteiger partial charge in [-0.25, -0.2) is 0 Å². The molecule has 5 nitrogen and oxygen atoms in total. The minimum absolute atomic E-state index is 0.0637. The van der Waals surface area contributed by atoms with Crippen molar-refractivity contribution in [3.8, 4) is 0 Å². The maximum atomic E-state index is 13.2. The molecule has 0 saturated carbocycles. The first-order valence-corrected chi connectivity index (χ1v) is 9.30. The maximum Gasteiger partial charge on any atom is 0.255 e. The van der Waals surface area contributed by atoms with E-state index in [0.29, 0.717) is 24.4 Å². The van der Waals surface area contributed by atoms with Gasteiger partial charge in [0.15, 0.2) is 0 Å². The number of H-pyrrole nitrogens is 1. The lowest BCUT2D eigenvalue weighted by Crippen LogP contribution is -2.45. The molecule has 2 heterocycles. The molecule has 0 radical (unpaired) electrons. The Hall–Kier alpha value is -3.08. The number of anilines is 1. The molecule has 0 saturated heterocycles. The van der Waals surface area contributed by atoms with E-state index < -0.39 is 6.04 Å². The second-order valence-corrected chi connectivity index (χ2v) is 7.47. The predicted octanol–water partition coefficient (Wildman–Crippen LogP) is 4.18. The highest BCUT2D eigenvalue weighted by Gasteiger charge is 2.36. The molecule has 2 aromatic carbocycles. The van der Waals surface area contributed by atoms with E-state index in [9.17, 15) is 9.59 Å². The molecule has 5 heteroatoms. The first-order valence-electron chi connectivity index (χ1n) is 9.30. The molecule has 0 spiro atoms. The summed E-state index contributed by atoms with van der Waals surface area (Å²) in [6.07, 6.45) is 2.47. The monoisotopic (exact) mass is 361 g/mol. The fourth-order valence-electron chi connectivity index (χ4n) is 3.76. The number of aromatic nitrogens is 1. The van der Waals surface area contributed by atoms with Crippen molar-refractivity contribution in [3.05, 3.63) is 65.9 Å². The van der Waals surface area contributed by atoms with Gasteiger partial charge in [-0.05, 0) is 42.2 Å². The number of aromatic amines is 1. The lowest BCUT2D eigenvalue weighted by atomic mass is 10.0. The van der Waals surface area contributed by atoms with Crippen LogP contribution in [-0.2, 0) is 11.3 Å². The van der Waals surface area contributed by atoms with E-state index in [1.165, 1.54) is 0 Å². The smallest absolute Gasteiger partial charge is 0.255 e. The van der Waals surface area contributed by atoms with Crippen LogP contribution in [0, 0.1) is 5.92 Å². The number of benzene rings is 2. The summed E-state index contributed by atoms with van der Waals surface area (Å²) in [7, 11) is 0. The topological polar surface area (TPSA) is 65.2 Å². The number of amides is 2. The van der Waals surface area contributed by atoms with Crippen LogP contribution in [0.2, 0.25) is 0 Å². The summed E-state index contributed by atoms with van der Waals surface area (Å²) >= 11 is 0. The molecule has 1 aliphatic heterocycles. The maximum absolute atomic E-state index is 13.2. The summed E-state index contributed by atoms with van der Waals surface area (Å²) in [5.74, 6) is 0.0881. The number of fused-ring (bicyclic) bond motifs is 2. The second kappa shape index (κ2) is 6.91. The van der Waals surface area contributed by atoms with Crippen molar-refractivity contribution in [1.82, 2.24) is 9.88 Å². The summed E-state index contributed by atoms with van der Waals surface area (Å²) in [6.45, 7) is 4.62. The molecular formula is C22H23N3O2. The molecule has 4 rings (SSSR count). The molecule has 0 fully saturated rings. The van der Waals surface area contributed by atoms with Crippen LogP contribution < -0.4 is 5.32 Å². The van der Waals surface area contributed by atoms with E-state index >= 15 is 0 Å². The van der Waals surface area contributed by atoms with E-state index in [0.717, 1.165) is 22.2 Å². The third-order valence-electron chi connectivity index (χ3n) is 5.08. The van der Waals surface area contributed by atoms with Gasteiger partial charge < -0.3 is 15.2 Å². The molecule has 138 valence electrons. The summed E-state index contributed by atoms with van der Waals surface area (Å²) in [5.41, 5.74) is 3.41. The fourth-order valence-corrected chi connectivity index (χ4v) is 3.76. The van der Waals surface area contributed by atoms with Crippen LogP contribution in [0.4, 0.5) is 5.69 Å². The number of hydrogen-bond donors (Lipinski definition) is 2. The molecule has 0 unspecified atom stereocenters. The minimum atomic E-state index is -0.501. The Bertz CT molecular complexity index is 1010. The van der Waals surface area contributed by atoms with Crippen molar-refractivity contribution in [2.45, 2.75) is 32.9 Å². The number of hydrogen-bond acceptors (Lipinski definition) is 2. The largest absolute Gasteiger partial charge is 0.361 e. The van der Waals surface area contributed by atoms with Gasteiger partial charge in [-0.3, -0.25) is 9.59 Å². The van der Waals surface area contributed by atoms with E-state index in [1.807, 2.05) is 54.7 Å². The standard InChI is InChI=1S/C22H23N3O2/c1-14(2)12-20(25-13-15-6-3-4-7-16(15)22(25)27)21(26)24-19-9-5-8-18-17(19)10-11-23-18/h3-11,14,20,23H,12-13H2,1-2H3,(H,24,26)/t20-/m0/s1. The highest BCUT2D eigenvalue weighted by atomic mass is 16.2. The van der Waals surface area contributed by atoms with Gasteiger partial charge in [-0.15, -0.1) is 0 Å². The summed E-state index contributed by atoms with van der Waals surface area (Å²) in [4.78, 5) is 30.9. The lowest BCUT2D eigenvalue weighted by molar-refractivity contribution is -0.121. The van der Waals surface area contributed by atoms with Crippen LogP contribution in [-0.4, -0.2) is 27.7 Å². The molecular weight excluding hydrogens is 338 g/mol. The number of carbonyl (C=O) groups excluding carboxylic acids is 2. The zero-order valence-corrected chi connectivity index (χ0v) is 15.5. The van der Waals surface area contributed by atoms with Crippen LogP contribution in [0.15, 0.2) is 54.7 Å². The quantitative estimate of drug-likeness (QED) is 0.716. The van der Waals surface area contributed by atoms with E-state index in [1.54, 1.807) is 4.90 Å². The van der Waals surface area contributed by atoms with Crippen LogP contribution in [0.25, 0.3) is 10.9 Å². The fraction of sp³-hybridized carbons (Fsp3) is 0.273. The van der Waals surface area contributed by atoms with Crippen molar-refractivity contribution in [1.29, 1.82) is 0 Å². The highest BCUT2D eigenvalue weighted by Crippen LogP contribution is 2.28. The van der Waals surface area contributed by atoms with Crippen molar-refractivity contribution >= 4 is 28.4 Å². The summed E-state index contributed by atoms with van der Waals surface area (Å²) in [6, 6.07) is 14.8. The number of carbonyl (C=O) groups is 2. The zero-order valence-electron chi connectivity index (χ0n) is 15.5. The van der Waals surface area contributed by atoms with Crippen molar-refractivity contribution in [2.24, 2.45) is 5.92 Å². The Morgan fingerprint density at radius 3 is 2.74 bits per heavy atom. The van der Waals surface area contributed by atoms with E-state index in [2.05, 4.69) is 24.1 Å². The number of rotatable bonds is 5. The van der Waals surface area contributed by atoms with Gasteiger partial charge in [-0.1, -0.05) is 38.1 Å². The Kier molecular flexibility index (Phi) is 4.44. The summed E-state index contributed by atoms with van der Waals surface area (Å²) < 4.78 is 0. The Morgan fingerprint density at radius 1 is 1.15 bits per heavy atom. The van der Waals surface area contributed by atoms with Crippen LogP contribution in [0.5, 0.6) is 0 Å². The zero-order chi connectivity index (χ0) is 19.0. The van der Waals surface area contributed by atoms with Gasteiger partial charge in [0.1, 0.15) is 6.04 Å². The Balaban J connectivity index is 1.62. The average Bonchev–Trinajstić information content (AvgIpc) is 3.25. The molecule has 1 atom stereocenters. The lowest BCUT2D eigenvalue weighted by Gasteiger charge is -2.28. The molecule has 2 N–H and O–H groups in total. The first kappa shape index (κ1) is 17.3. The highest BCUT2D eigenvalue weighted by molar-refractivity contribution is 6.06. The van der Waals surface area contributed by atoms with Gasteiger partial charge in [0.2, 0.25) is 5.91 Å². The minimum Gasteiger partial charge on any atom is -0.361 e. The third kappa shape index (κ3) is 3.21. The summed E-state index contributed by atoms with van der Waals surface area (Å²) in [5, 5.41) is 4.01. The van der Waals surface area contributed by atoms with Crippen LogP contribution in [0.1, 0.15) is 36.2 Å². The van der Waals surface area contributed by atoms with E-state index in [-0.39, 0.29) is 11.8 Å². The van der Waals surface area contributed by atoms with Gasteiger partial charge in [0, 0.05) is 29.2 Å². The SMILES string of the molecule is CC(C)C[C@@H](C(=O)Nc1cccc2[nH]ccc12)N1Cc2ccccc2C1=O. The molecule has 27 heavy (non-hydrogen) atoms. The Morgan fingerprint density at radius 2 is 1.96 bits per heavy atom. The van der Waals surface area contributed by atoms with Crippen LogP contribution in [0.3, 0.4) is 0 Å². The first-order chi connectivity index (χ1) is 13.0. The predicted molar refractivity (Wildman–Crippen MR) is 106 cm³/mol. The van der Waals surface area contributed by atoms with Gasteiger partial charge >= 0.3 is 0 Å². The Labute approximate surface area is 158 Å². The number of nitrogens with zero attached hydrogens (tertiary/aromatic N) is 1. The van der Waals surface area contributed by atoms with Gasteiger partial charge in [0.05, 0.1) is 5.69 Å². The van der Waals surface area contributed by atoms with E-state index in [4.69, 9.17) is 0 Å². The van der Waals surface area contributed by atoms with Gasteiger partial charge in [0.25, 0.3) is 5.91 Å². The second-order valence-electron chi connectivity index (χ2n) is 7.47. The van der Waals surface area contributed by atoms with Crippen molar-refractivity contribution < 1.29 is 9.59 Å². The van der Waals surface area contributed by atoms with Crippen molar-refractivity contribution in [2.75, 3.05) is 5.32 Å². The van der Waals surface area contributed by atoms with Crippen LogP contribution >= 0.6 is 0 Å². The van der Waals surface area contributed by atoms with Gasteiger partial charge in [-0.2, -0.15) is 0 Å². The molecule has 1 aliphatic rings. The molecule has 3 aromatic rings. The number of nitrogens with one attached hydrogen (secondary N) is 2. The normalized spacial score (nSPS) is 14.6. The molecule has 2 amide bonds. The molecule has 1 aromatic heterocycles. The average molecular weight is 361 g/mol. The third-order valence-corrected chi connectivity index (χ3v) is 5.08. The van der Waals surface area contributed by atoms with Crippen molar-refractivity contribution in [3.63, 3.8) is 0 Å².